The fraction of sp³-hybridized carbons (Fsp3) is 0.533. The molecule has 1 N–H and O–H groups in total. The van der Waals surface area contributed by atoms with Crippen LogP contribution in [0.4, 0.5) is 5.13 Å². The molecule has 20 heavy (non-hydrogen) atoms. The average Bonchev–Trinajstić information content (AvgIpc) is 2.79. The molecule has 0 unspecified atom stereocenters. The van der Waals surface area contributed by atoms with Gasteiger partial charge in [-0.1, -0.05) is 27.3 Å². The highest BCUT2D eigenvalue weighted by Crippen LogP contribution is 2.28. The summed E-state index contributed by atoms with van der Waals surface area (Å²) in [5, 5.41) is 4.45. The molecule has 0 saturated heterocycles. The minimum absolute atomic E-state index is 0.630. The molecule has 0 saturated carbocycles. The molecule has 5 heteroatoms. The fourth-order valence-electron chi connectivity index (χ4n) is 1.92. The summed E-state index contributed by atoms with van der Waals surface area (Å²) in [5.41, 5.74) is 1.06. The maximum Gasteiger partial charge on any atom is 0.183 e. The summed E-state index contributed by atoms with van der Waals surface area (Å²) in [6, 6.07) is 6.87. The van der Waals surface area contributed by atoms with Gasteiger partial charge in [-0.3, -0.25) is 0 Å². The summed E-state index contributed by atoms with van der Waals surface area (Å²) < 4.78 is 2.31. The van der Waals surface area contributed by atoms with Gasteiger partial charge in [-0.2, -0.15) is 0 Å². The van der Waals surface area contributed by atoms with Crippen LogP contribution in [-0.4, -0.2) is 36.1 Å². The molecule has 0 bridgehead atoms. The Morgan fingerprint density at radius 3 is 2.90 bits per heavy atom. The van der Waals surface area contributed by atoms with Crippen LogP contribution >= 0.6 is 27.3 Å². The van der Waals surface area contributed by atoms with Crippen LogP contribution in [0, 0.1) is 0 Å². The predicted molar refractivity (Wildman–Crippen MR) is 92.8 cm³/mol. The molecule has 1 aromatic carbocycles. The number of fused-ring (bicyclic) bond motifs is 1. The lowest BCUT2D eigenvalue weighted by atomic mass is 10.2. The van der Waals surface area contributed by atoms with Crippen LogP contribution in [-0.2, 0) is 0 Å². The van der Waals surface area contributed by atoms with Crippen molar-refractivity contribution in [3.05, 3.63) is 22.7 Å². The number of unbranched alkanes of at least 4 members (excludes halogenated alkanes) is 1. The minimum atomic E-state index is 0.630. The Bertz CT molecular complexity index is 553. The number of thiazole rings is 1. The summed E-state index contributed by atoms with van der Waals surface area (Å²) in [4.78, 5) is 6.99. The van der Waals surface area contributed by atoms with Gasteiger partial charge in [0.2, 0.25) is 0 Å². The summed E-state index contributed by atoms with van der Waals surface area (Å²) in [7, 11) is 2.18. The van der Waals surface area contributed by atoms with E-state index in [0.29, 0.717) is 6.04 Å². The maximum absolute atomic E-state index is 4.60. The summed E-state index contributed by atoms with van der Waals surface area (Å²) >= 11 is 5.20. The van der Waals surface area contributed by atoms with E-state index >= 15 is 0 Å². The van der Waals surface area contributed by atoms with Crippen LogP contribution < -0.4 is 5.32 Å². The first-order chi connectivity index (χ1) is 9.56. The molecule has 0 aliphatic rings. The maximum atomic E-state index is 4.60. The largest absolute Gasteiger partial charge is 0.361 e. The van der Waals surface area contributed by atoms with Gasteiger partial charge in [-0.15, -0.1) is 0 Å². The summed E-state index contributed by atoms with van der Waals surface area (Å²) in [6.07, 6.45) is 2.40. The van der Waals surface area contributed by atoms with E-state index < -0.39 is 0 Å². The SMILES string of the molecule is CC(C)N(C)CCCCNc1nc2cc(Br)ccc2s1. The van der Waals surface area contributed by atoms with E-state index in [-0.39, 0.29) is 0 Å². The van der Waals surface area contributed by atoms with Gasteiger partial charge in [0.05, 0.1) is 10.2 Å². The molecule has 110 valence electrons. The number of halogens is 1. The van der Waals surface area contributed by atoms with Crippen molar-refractivity contribution in [1.82, 2.24) is 9.88 Å². The van der Waals surface area contributed by atoms with Gasteiger partial charge >= 0.3 is 0 Å². The predicted octanol–water partition coefficient (Wildman–Crippen LogP) is 4.59. The molecule has 0 aliphatic carbocycles. The molecule has 2 aromatic rings. The summed E-state index contributed by atoms with van der Waals surface area (Å²) in [5.74, 6) is 0. The van der Waals surface area contributed by atoms with E-state index in [4.69, 9.17) is 0 Å². The molecular formula is C15H22BrN3S. The zero-order valence-corrected chi connectivity index (χ0v) is 14.7. The Morgan fingerprint density at radius 1 is 1.35 bits per heavy atom. The molecule has 2 rings (SSSR count). The molecule has 0 amide bonds. The van der Waals surface area contributed by atoms with Gasteiger partial charge in [0.25, 0.3) is 0 Å². The first kappa shape index (κ1) is 15.7. The van der Waals surface area contributed by atoms with E-state index in [1.807, 2.05) is 0 Å². The van der Waals surface area contributed by atoms with Crippen LogP contribution in [0.1, 0.15) is 26.7 Å². The van der Waals surface area contributed by atoms with E-state index in [2.05, 4.69) is 70.2 Å². The molecule has 3 nitrogen and oxygen atoms in total. The highest BCUT2D eigenvalue weighted by molar-refractivity contribution is 9.10. The molecule has 1 aromatic heterocycles. The second kappa shape index (κ2) is 7.38. The number of aromatic nitrogens is 1. The zero-order valence-electron chi connectivity index (χ0n) is 12.3. The number of benzene rings is 1. The highest BCUT2D eigenvalue weighted by atomic mass is 79.9. The quantitative estimate of drug-likeness (QED) is 0.736. The standard InChI is InChI=1S/C15H22BrN3S/c1-11(2)19(3)9-5-4-8-17-15-18-13-10-12(16)6-7-14(13)20-15/h6-7,10-11H,4-5,8-9H2,1-3H3,(H,17,18). The molecular weight excluding hydrogens is 334 g/mol. The van der Waals surface area contributed by atoms with Crippen LogP contribution in [0.25, 0.3) is 10.2 Å². The highest BCUT2D eigenvalue weighted by Gasteiger charge is 2.04. The molecule has 0 atom stereocenters. The Morgan fingerprint density at radius 2 is 2.15 bits per heavy atom. The smallest absolute Gasteiger partial charge is 0.183 e. The van der Waals surface area contributed by atoms with E-state index in [1.54, 1.807) is 11.3 Å². The number of nitrogens with one attached hydrogen (secondary N) is 1. The molecule has 0 radical (unpaired) electrons. The summed E-state index contributed by atoms with van der Waals surface area (Å²) in [6.45, 7) is 6.62. The van der Waals surface area contributed by atoms with E-state index in [9.17, 15) is 0 Å². The second-order valence-corrected chi connectivity index (χ2v) is 7.29. The second-order valence-electron chi connectivity index (χ2n) is 5.34. The topological polar surface area (TPSA) is 28.2 Å². The van der Waals surface area contributed by atoms with Gasteiger partial charge in [0, 0.05) is 17.1 Å². The first-order valence-electron chi connectivity index (χ1n) is 7.06. The zero-order chi connectivity index (χ0) is 14.5. The van der Waals surface area contributed by atoms with E-state index in [1.165, 1.54) is 17.5 Å². The Labute approximate surface area is 133 Å². The lowest BCUT2D eigenvalue weighted by Gasteiger charge is -2.20. The van der Waals surface area contributed by atoms with Gasteiger partial charge < -0.3 is 10.2 Å². The molecule has 1 heterocycles. The fourth-order valence-corrected chi connectivity index (χ4v) is 3.14. The minimum Gasteiger partial charge on any atom is -0.361 e. The third kappa shape index (κ3) is 4.43. The Kier molecular flexibility index (Phi) is 5.81. The number of rotatable bonds is 7. The van der Waals surface area contributed by atoms with Gasteiger partial charge in [-0.25, -0.2) is 4.98 Å². The van der Waals surface area contributed by atoms with Crippen LogP contribution in [0.2, 0.25) is 0 Å². The monoisotopic (exact) mass is 355 g/mol. The molecule has 0 spiro atoms. The van der Waals surface area contributed by atoms with Crippen LogP contribution in [0.5, 0.6) is 0 Å². The molecule has 0 aliphatic heterocycles. The average molecular weight is 356 g/mol. The number of hydrogen-bond donors (Lipinski definition) is 1. The van der Waals surface area contributed by atoms with Crippen molar-refractivity contribution in [2.24, 2.45) is 0 Å². The van der Waals surface area contributed by atoms with Crippen molar-refractivity contribution >= 4 is 42.6 Å². The van der Waals surface area contributed by atoms with Crippen molar-refractivity contribution in [3.63, 3.8) is 0 Å². The normalized spacial score (nSPS) is 11.7. The van der Waals surface area contributed by atoms with Crippen LogP contribution in [0.3, 0.4) is 0 Å². The Balaban J connectivity index is 1.76. The third-order valence-electron chi connectivity index (χ3n) is 3.44. The van der Waals surface area contributed by atoms with E-state index in [0.717, 1.165) is 28.2 Å². The van der Waals surface area contributed by atoms with Gasteiger partial charge in [-0.05, 0) is 58.5 Å². The lowest BCUT2D eigenvalue weighted by molar-refractivity contribution is 0.269. The van der Waals surface area contributed by atoms with Gasteiger partial charge in [0.1, 0.15) is 0 Å². The number of anilines is 1. The van der Waals surface area contributed by atoms with Gasteiger partial charge in [0.15, 0.2) is 5.13 Å². The van der Waals surface area contributed by atoms with Crippen molar-refractivity contribution in [3.8, 4) is 0 Å². The molecule has 0 fully saturated rings. The Hall–Kier alpha value is -0.650. The van der Waals surface area contributed by atoms with Crippen molar-refractivity contribution in [2.75, 3.05) is 25.5 Å². The van der Waals surface area contributed by atoms with Crippen LogP contribution in [0.15, 0.2) is 22.7 Å². The van der Waals surface area contributed by atoms with Crippen molar-refractivity contribution in [1.29, 1.82) is 0 Å². The number of nitrogens with zero attached hydrogens (tertiary/aromatic N) is 2. The third-order valence-corrected chi connectivity index (χ3v) is 4.93. The lowest BCUT2D eigenvalue weighted by Crippen LogP contribution is -2.27. The number of hydrogen-bond acceptors (Lipinski definition) is 4. The first-order valence-corrected chi connectivity index (χ1v) is 8.67. The van der Waals surface area contributed by atoms with Crippen molar-refractivity contribution in [2.45, 2.75) is 32.7 Å². The van der Waals surface area contributed by atoms with Crippen molar-refractivity contribution < 1.29 is 0 Å².